The molecule has 1 aromatic carbocycles. The first kappa shape index (κ1) is 13.5. The fourth-order valence-electron chi connectivity index (χ4n) is 2.36. The van der Waals surface area contributed by atoms with Crippen LogP contribution in [0.15, 0.2) is 29.2 Å². The van der Waals surface area contributed by atoms with Crippen LogP contribution in [0.3, 0.4) is 0 Å². The van der Waals surface area contributed by atoms with E-state index in [0.29, 0.717) is 4.90 Å². The first-order valence-corrected chi connectivity index (χ1v) is 7.67. The molecule has 4 nitrogen and oxygen atoms in total. The molecule has 1 fully saturated rings. The van der Waals surface area contributed by atoms with E-state index in [2.05, 4.69) is 4.72 Å². The molecule has 100 valence electrons. The molecule has 2 rings (SSSR count). The highest BCUT2D eigenvalue weighted by Crippen LogP contribution is 2.28. The Bertz CT molecular complexity index is 520. The van der Waals surface area contributed by atoms with Crippen LogP contribution >= 0.6 is 0 Å². The van der Waals surface area contributed by atoms with E-state index in [1.54, 1.807) is 24.3 Å². The van der Waals surface area contributed by atoms with E-state index in [0.717, 1.165) is 24.8 Å². The summed E-state index contributed by atoms with van der Waals surface area (Å²) in [4.78, 5) is 0.302. The van der Waals surface area contributed by atoms with Gasteiger partial charge in [-0.05, 0) is 45.2 Å². The molecule has 0 heterocycles. The van der Waals surface area contributed by atoms with Gasteiger partial charge in [-0.15, -0.1) is 0 Å². The van der Waals surface area contributed by atoms with Crippen molar-refractivity contribution in [1.29, 1.82) is 0 Å². The van der Waals surface area contributed by atoms with E-state index in [1.807, 2.05) is 13.8 Å². The van der Waals surface area contributed by atoms with Crippen LogP contribution in [0.5, 0.6) is 0 Å². The summed E-state index contributed by atoms with van der Waals surface area (Å²) in [5, 5.41) is 0. The monoisotopic (exact) mass is 268 g/mol. The molecule has 2 atom stereocenters. The predicted molar refractivity (Wildman–Crippen MR) is 71.7 cm³/mol. The number of sulfonamides is 1. The van der Waals surface area contributed by atoms with Gasteiger partial charge in [0.05, 0.1) is 4.90 Å². The number of rotatable bonds is 3. The minimum atomic E-state index is -3.46. The molecule has 0 unspecified atom stereocenters. The molecule has 1 aromatic rings. The van der Waals surface area contributed by atoms with Gasteiger partial charge in [-0.2, -0.15) is 0 Å². The average Bonchev–Trinajstić information content (AvgIpc) is 2.58. The van der Waals surface area contributed by atoms with Crippen molar-refractivity contribution in [2.45, 2.75) is 49.6 Å². The van der Waals surface area contributed by atoms with Crippen molar-refractivity contribution in [3.63, 3.8) is 0 Å². The molecule has 18 heavy (non-hydrogen) atoms. The van der Waals surface area contributed by atoms with Gasteiger partial charge < -0.3 is 5.73 Å². The molecule has 0 amide bonds. The Morgan fingerprint density at radius 1 is 1.33 bits per heavy atom. The van der Waals surface area contributed by atoms with Crippen LogP contribution in [0.25, 0.3) is 0 Å². The molecular formula is C13H20N2O2S. The minimum Gasteiger partial charge on any atom is -0.324 e. The Kier molecular flexibility index (Phi) is 3.49. The molecule has 3 N–H and O–H groups in total. The van der Waals surface area contributed by atoms with Crippen LogP contribution in [0.4, 0.5) is 0 Å². The summed E-state index contributed by atoms with van der Waals surface area (Å²) in [6.45, 7) is 3.83. The second-order valence-corrected chi connectivity index (χ2v) is 7.10. The zero-order valence-corrected chi connectivity index (χ0v) is 11.6. The van der Waals surface area contributed by atoms with Crippen LogP contribution < -0.4 is 10.5 Å². The summed E-state index contributed by atoms with van der Waals surface area (Å²) in [6.07, 6.45) is 2.63. The fourth-order valence-corrected chi connectivity index (χ4v) is 3.75. The third-order valence-corrected chi connectivity index (χ3v) is 5.12. The Balaban J connectivity index is 2.20. The van der Waals surface area contributed by atoms with Crippen LogP contribution in [-0.2, 0) is 10.0 Å². The minimum absolute atomic E-state index is 0.177. The van der Waals surface area contributed by atoms with Crippen molar-refractivity contribution in [1.82, 2.24) is 4.72 Å². The van der Waals surface area contributed by atoms with E-state index in [1.165, 1.54) is 0 Å². The van der Waals surface area contributed by atoms with E-state index in [-0.39, 0.29) is 6.04 Å². The molecule has 0 radical (unpaired) electrons. The number of nitrogens with one attached hydrogen (secondary N) is 1. The third kappa shape index (κ3) is 2.74. The number of hydrogen-bond donors (Lipinski definition) is 2. The second-order valence-electron chi connectivity index (χ2n) is 5.38. The SMILES string of the molecule is Cc1ccc(S(=O)(=O)N[C@H]2CCC[C@@]2(C)N)cc1. The van der Waals surface area contributed by atoms with Gasteiger partial charge in [-0.3, -0.25) is 0 Å². The lowest BCUT2D eigenvalue weighted by atomic mass is 9.98. The molecular weight excluding hydrogens is 248 g/mol. The molecule has 0 spiro atoms. The molecule has 5 heteroatoms. The Morgan fingerprint density at radius 3 is 2.44 bits per heavy atom. The number of hydrogen-bond acceptors (Lipinski definition) is 3. The second kappa shape index (κ2) is 4.64. The summed E-state index contributed by atoms with van der Waals surface area (Å²) in [6, 6.07) is 6.67. The molecule has 0 saturated heterocycles. The van der Waals surface area contributed by atoms with Crippen molar-refractivity contribution >= 4 is 10.0 Å². The van der Waals surface area contributed by atoms with Gasteiger partial charge in [-0.25, -0.2) is 13.1 Å². The van der Waals surface area contributed by atoms with Crippen molar-refractivity contribution in [3.8, 4) is 0 Å². The first-order chi connectivity index (χ1) is 8.31. The van der Waals surface area contributed by atoms with Gasteiger partial charge >= 0.3 is 0 Å². The quantitative estimate of drug-likeness (QED) is 0.873. The van der Waals surface area contributed by atoms with E-state index >= 15 is 0 Å². The van der Waals surface area contributed by atoms with E-state index < -0.39 is 15.6 Å². The topological polar surface area (TPSA) is 72.2 Å². The summed E-state index contributed by atoms with van der Waals surface area (Å²) in [5.41, 5.74) is 6.70. The average molecular weight is 268 g/mol. The lowest BCUT2D eigenvalue weighted by molar-refractivity contribution is 0.400. The largest absolute Gasteiger partial charge is 0.324 e. The van der Waals surface area contributed by atoms with Crippen LogP contribution in [0, 0.1) is 6.92 Å². The van der Waals surface area contributed by atoms with Crippen molar-refractivity contribution in [2.24, 2.45) is 5.73 Å². The molecule has 0 aliphatic heterocycles. The highest BCUT2D eigenvalue weighted by atomic mass is 32.2. The number of benzene rings is 1. The summed E-state index contributed by atoms with van der Waals surface area (Å²) in [7, 11) is -3.46. The first-order valence-electron chi connectivity index (χ1n) is 6.19. The maximum absolute atomic E-state index is 12.2. The normalized spacial score (nSPS) is 28.5. The van der Waals surface area contributed by atoms with Gasteiger partial charge in [0.25, 0.3) is 0 Å². The summed E-state index contributed by atoms with van der Waals surface area (Å²) < 4.78 is 27.2. The Hall–Kier alpha value is -0.910. The van der Waals surface area contributed by atoms with Crippen LogP contribution in [0.1, 0.15) is 31.7 Å². The van der Waals surface area contributed by atoms with Gasteiger partial charge in [-0.1, -0.05) is 17.7 Å². The summed E-state index contributed by atoms with van der Waals surface area (Å²) >= 11 is 0. The lowest BCUT2D eigenvalue weighted by Crippen LogP contribution is -2.52. The fraction of sp³-hybridized carbons (Fsp3) is 0.538. The van der Waals surface area contributed by atoms with Crippen LogP contribution in [0.2, 0.25) is 0 Å². The standard InChI is InChI=1S/C13H20N2O2S/c1-10-5-7-11(8-6-10)18(16,17)15-12-4-3-9-13(12,2)14/h5-8,12,15H,3-4,9,14H2,1-2H3/t12-,13+/m0/s1. The molecule has 0 aromatic heterocycles. The number of nitrogens with two attached hydrogens (primary N) is 1. The van der Waals surface area contributed by atoms with Crippen molar-refractivity contribution in [3.05, 3.63) is 29.8 Å². The Morgan fingerprint density at radius 2 is 1.94 bits per heavy atom. The maximum atomic E-state index is 12.2. The number of aryl methyl sites for hydroxylation is 1. The molecule has 1 aliphatic rings. The zero-order valence-electron chi connectivity index (χ0n) is 10.8. The smallest absolute Gasteiger partial charge is 0.240 e. The van der Waals surface area contributed by atoms with Gasteiger partial charge in [0, 0.05) is 11.6 Å². The highest BCUT2D eigenvalue weighted by molar-refractivity contribution is 7.89. The summed E-state index contributed by atoms with van der Waals surface area (Å²) in [5.74, 6) is 0. The highest BCUT2D eigenvalue weighted by Gasteiger charge is 2.37. The van der Waals surface area contributed by atoms with E-state index in [4.69, 9.17) is 5.73 Å². The van der Waals surface area contributed by atoms with E-state index in [9.17, 15) is 8.42 Å². The van der Waals surface area contributed by atoms with Crippen molar-refractivity contribution in [2.75, 3.05) is 0 Å². The van der Waals surface area contributed by atoms with Gasteiger partial charge in [0.1, 0.15) is 0 Å². The molecule has 0 bridgehead atoms. The zero-order chi connectivity index (χ0) is 13.4. The van der Waals surface area contributed by atoms with Gasteiger partial charge in [0.15, 0.2) is 0 Å². The predicted octanol–water partition coefficient (Wildman–Crippen LogP) is 1.54. The van der Waals surface area contributed by atoms with Gasteiger partial charge in [0.2, 0.25) is 10.0 Å². The molecule has 1 aliphatic carbocycles. The maximum Gasteiger partial charge on any atom is 0.240 e. The Labute approximate surface area is 109 Å². The molecule has 1 saturated carbocycles. The lowest BCUT2D eigenvalue weighted by Gasteiger charge is -2.27. The third-order valence-electron chi connectivity index (χ3n) is 3.63. The van der Waals surface area contributed by atoms with Crippen molar-refractivity contribution < 1.29 is 8.42 Å². The van der Waals surface area contributed by atoms with Crippen LogP contribution in [-0.4, -0.2) is 20.0 Å².